The van der Waals surface area contributed by atoms with Crippen LogP contribution in [0.25, 0.3) is 0 Å². The number of hydrogen-bond donors (Lipinski definition) is 1. The molecule has 17 heavy (non-hydrogen) atoms. The summed E-state index contributed by atoms with van der Waals surface area (Å²) in [4.78, 5) is 27.2. The average molecular weight is 240 g/mol. The summed E-state index contributed by atoms with van der Waals surface area (Å²) in [5.74, 6) is -0.962. The van der Waals surface area contributed by atoms with Crippen LogP contribution in [0, 0.1) is 5.92 Å². The third-order valence-electron chi connectivity index (χ3n) is 3.89. The first-order chi connectivity index (χ1) is 8.00. The Morgan fingerprint density at radius 2 is 2.06 bits per heavy atom. The molecule has 2 heterocycles. The molecule has 1 amide bonds. The lowest BCUT2D eigenvalue weighted by Gasteiger charge is -2.35. The van der Waals surface area contributed by atoms with Gasteiger partial charge in [-0.2, -0.15) is 0 Å². The van der Waals surface area contributed by atoms with Crippen LogP contribution in [0.2, 0.25) is 0 Å². The van der Waals surface area contributed by atoms with E-state index in [0.29, 0.717) is 13.0 Å². The van der Waals surface area contributed by atoms with E-state index in [4.69, 9.17) is 5.11 Å². The van der Waals surface area contributed by atoms with Gasteiger partial charge in [-0.25, -0.2) is 4.79 Å². The lowest BCUT2D eigenvalue weighted by atomic mass is 10.0. The highest BCUT2D eigenvalue weighted by molar-refractivity contribution is 5.86. The first-order valence-electron chi connectivity index (χ1n) is 6.24. The van der Waals surface area contributed by atoms with Crippen LogP contribution in [-0.2, 0) is 9.59 Å². The molecule has 0 unspecified atom stereocenters. The van der Waals surface area contributed by atoms with Gasteiger partial charge in [-0.15, -0.1) is 0 Å². The molecule has 2 saturated heterocycles. The number of nitrogens with zero attached hydrogens (tertiary/aromatic N) is 2. The van der Waals surface area contributed by atoms with Crippen molar-refractivity contribution in [3.05, 3.63) is 0 Å². The van der Waals surface area contributed by atoms with Gasteiger partial charge in [0.2, 0.25) is 5.91 Å². The fourth-order valence-corrected chi connectivity index (χ4v) is 3.00. The van der Waals surface area contributed by atoms with E-state index in [1.165, 1.54) is 0 Å². The Balaban J connectivity index is 2.21. The number of carboxylic acids is 1. The third kappa shape index (κ3) is 2.29. The molecule has 2 aliphatic rings. The monoisotopic (exact) mass is 240 g/mol. The zero-order chi connectivity index (χ0) is 12.6. The highest BCUT2D eigenvalue weighted by Gasteiger charge is 2.43. The second kappa shape index (κ2) is 4.64. The first kappa shape index (κ1) is 12.4. The topological polar surface area (TPSA) is 60.9 Å². The highest BCUT2D eigenvalue weighted by Crippen LogP contribution is 2.30. The maximum absolute atomic E-state index is 12.3. The Morgan fingerprint density at radius 1 is 1.35 bits per heavy atom. The summed E-state index contributed by atoms with van der Waals surface area (Å²) in [5.41, 5.74) is 0. The summed E-state index contributed by atoms with van der Waals surface area (Å²) >= 11 is 0. The lowest BCUT2D eigenvalue weighted by Crippen LogP contribution is -2.51. The van der Waals surface area contributed by atoms with Crippen LogP contribution >= 0.6 is 0 Å². The van der Waals surface area contributed by atoms with Crippen molar-refractivity contribution in [2.45, 2.75) is 38.3 Å². The van der Waals surface area contributed by atoms with Gasteiger partial charge >= 0.3 is 5.97 Å². The molecule has 0 spiro atoms. The van der Waals surface area contributed by atoms with E-state index in [1.54, 1.807) is 4.90 Å². The molecule has 3 atom stereocenters. The SMILES string of the molecule is C[C@H]1CN(C)CC[C@H]2CC[C@@H](C(=O)O)N2C1=O. The van der Waals surface area contributed by atoms with Gasteiger partial charge in [-0.1, -0.05) is 6.92 Å². The van der Waals surface area contributed by atoms with E-state index >= 15 is 0 Å². The van der Waals surface area contributed by atoms with E-state index in [1.807, 2.05) is 14.0 Å². The first-order valence-corrected chi connectivity index (χ1v) is 6.24. The standard InChI is InChI=1S/C12H20N2O3/c1-8-7-13(2)6-5-9-3-4-10(12(16)17)14(9)11(8)15/h8-10H,3-7H2,1-2H3,(H,16,17)/t8-,9+,10-/m0/s1. The maximum Gasteiger partial charge on any atom is 0.326 e. The van der Waals surface area contributed by atoms with Crippen molar-refractivity contribution >= 4 is 11.9 Å². The second-order valence-electron chi connectivity index (χ2n) is 5.28. The van der Waals surface area contributed by atoms with E-state index in [-0.39, 0.29) is 17.9 Å². The number of hydrogen-bond acceptors (Lipinski definition) is 3. The normalized spacial score (nSPS) is 35.3. The molecule has 2 rings (SSSR count). The van der Waals surface area contributed by atoms with Crippen molar-refractivity contribution in [1.29, 1.82) is 0 Å². The van der Waals surface area contributed by atoms with Crippen LogP contribution in [-0.4, -0.2) is 59.0 Å². The number of fused-ring (bicyclic) bond motifs is 1. The molecule has 0 saturated carbocycles. The predicted molar refractivity (Wildman–Crippen MR) is 62.6 cm³/mol. The van der Waals surface area contributed by atoms with Gasteiger partial charge in [0.05, 0.1) is 0 Å². The van der Waals surface area contributed by atoms with E-state index in [9.17, 15) is 9.59 Å². The lowest BCUT2D eigenvalue weighted by molar-refractivity contribution is -0.152. The van der Waals surface area contributed by atoms with Crippen LogP contribution in [0.5, 0.6) is 0 Å². The molecule has 0 radical (unpaired) electrons. The third-order valence-corrected chi connectivity index (χ3v) is 3.89. The largest absolute Gasteiger partial charge is 0.480 e. The van der Waals surface area contributed by atoms with Crippen molar-refractivity contribution in [3.63, 3.8) is 0 Å². The number of rotatable bonds is 1. The van der Waals surface area contributed by atoms with E-state index in [2.05, 4.69) is 4.90 Å². The van der Waals surface area contributed by atoms with Crippen LogP contribution in [0.15, 0.2) is 0 Å². The molecule has 2 aliphatic heterocycles. The minimum Gasteiger partial charge on any atom is -0.480 e. The smallest absolute Gasteiger partial charge is 0.326 e. The van der Waals surface area contributed by atoms with E-state index in [0.717, 1.165) is 19.4 Å². The number of carbonyl (C=O) groups is 2. The molecule has 0 aliphatic carbocycles. The molecule has 5 nitrogen and oxygen atoms in total. The van der Waals surface area contributed by atoms with Gasteiger partial charge in [-0.3, -0.25) is 4.79 Å². The van der Waals surface area contributed by atoms with Gasteiger partial charge in [0.25, 0.3) is 0 Å². The number of aliphatic carboxylic acids is 1. The zero-order valence-corrected chi connectivity index (χ0v) is 10.4. The zero-order valence-electron chi connectivity index (χ0n) is 10.4. The molecule has 0 aromatic rings. The molecular weight excluding hydrogens is 220 g/mol. The summed E-state index contributed by atoms with van der Waals surface area (Å²) < 4.78 is 0. The minimum absolute atomic E-state index is 0.00597. The predicted octanol–water partition coefficient (Wildman–Crippen LogP) is 0.402. The Morgan fingerprint density at radius 3 is 2.71 bits per heavy atom. The van der Waals surface area contributed by atoms with Crippen LogP contribution < -0.4 is 0 Å². The molecule has 2 fully saturated rings. The van der Waals surface area contributed by atoms with E-state index < -0.39 is 12.0 Å². The molecule has 0 aromatic carbocycles. The highest BCUT2D eigenvalue weighted by atomic mass is 16.4. The summed E-state index contributed by atoms with van der Waals surface area (Å²) in [6.45, 7) is 3.54. The number of carbonyl (C=O) groups excluding carboxylic acids is 1. The Bertz CT molecular complexity index is 332. The molecular formula is C12H20N2O3. The van der Waals surface area contributed by atoms with Crippen molar-refractivity contribution in [1.82, 2.24) is 9.80 Å². The van der Waals surface area contributed by atoms with Crippen molar-refractivity contribution in [3.8, 4) is 0 Å². The second-order valence-corrected chi connectivity index (χ2v) is 5.28. The van der Waals surface area contributed by atoms with Crippen molar-refractivity contribution in [2.24, 2.45) is 5.92 Å². The van der Waals surface area contributed by atoms with Crippen molar-refractivity contribution < 1.29 is 14.7 Å². The van der Waals surface area contributed by atoms with Crippen LogP contribution in [0.1, 0.15) is 26.2 Å². The fraction of sp³-hybridized carbons (Fsp3) is 0.833. The summed E-state index contributed by atoms with van der Waals surface area (Å²) in [6, 6.07) is -0.479. The Hall–Kier alpha value is -1.10. The van der Waals surface area contributed by atoms with Gasteiger partial charge in [-0.05, 0) is 32.9 Å². The Labute approximate surface area is 101 Å². The van der Waals surface area contributed by atoms with Crippen LogP contribution in [0.4, 0.5) is 0 Å². The molecule has 5 heteroatoms. The summed E-state index contributed by atoms with van der Waals surface area (Å²) in [6.07, 6.45) is 2.31. The fourth-order valence-electron chi connectivity index (χ4n) is 3.00. The minimum atomic E-state index is -0.859. The van der Waals surface area contributed by atoms with Gasteiger partial charge in [0.15, 0.2) is 0 Å². The quantitative estimate of drug-likeness (QED) is 0.721. The maximum atomic E-state index is 12.3. The Kier molecular flexibility index (Phi) is 3.38. The number of carboxylic acid groups (broad SMARTS) is 1. The molecule has 0 aromatic heterocycles. The molecule has 0 bridgehead atoms. The summed E-state index contributed by atoms with van der Waals surface area (Å²) in [7, 11) is 2.02. The summed E-state index contributed by atoms with van der Waals surface area (Å²) in [5, 5.41) is 9.17. The number of amides is 1. The average Bonchev–Trinajstić information content (AvgIpc) is 2.67. The van der Waals surface area contributed by atoms with Crippen LogP contribution in [0.3, 0.4) is 0 Å². The van der Waals surface area contributed by atoms with Gasteiger partial charge < -0.3 is 14.9 Å². The van der Waals surface area contributed by atoms with Crippen molar-refractivity contribution in [2.75, 3.05) is 20.1 Å². The van der Waals surface area contributed by atoms with Gasteiger partial charge in [0.1, 0.15) is 6.04 Å². The molecule has 1 N–H and O–H groups in total. The van der Waals surface area contributed by atoms with Gasteiger partial charge in [0, 0.05) is 18.5 Å². The molecule has 96 valence electrons.